The lowest BCUT2D eigenvalue weighted by Gasteiger charge is -2.25. The van der Waals surface area contributed by atoms with E-state index in [9.17, 15) is 13.2 Å². The number of rotatable bonds is 4. The molecule has 0 unspecified atom stereocenters. The van der Waals surface area contributed by atoms with Crippen molar-refractivity contribution in [3.8, 4) is 0 Å². The summed E-state index contributed by atoms with van der Waals surface area (Å²) in [5.41, 5.74) is 5.35. The molecule has 0 spiro atoms. The van der Waals surface area contributed by atoms with Gasteiger partial charge in [-0.2, -0.15) is 13.2 Å². The van der Waals surface area contributed by atoms with Gasteiger partial charge in [-0.1, -0.05) is 5.16 Å². The highest BCUT2D eigenvalue weighted by molar-refractivity contribution is 5.99. The Morgan fingerprint density at radius 2 is 2.05 bits per heavy atom. The molecular formula is C10H12F3N5O. The van der Waals surface area contributed by atoms with Gasteiger partial charge in [-0.25, -0.2) is 9.97 Å². The van der Waals surface area contributed by atoms with Gasteiger partial charge in [-0.3, -0.25) is 0 Å². The maximum absolute atomic E-state index is 12.6. The minimum atomic E-state index is -4.36. The van der Waals surface area contributed by atoms with Crippen LogP contribution in [0.2, 0.25) is 0 Å². The van der Waals surface area contributed by atoms with Crippen molar-refractivity contribution < 1.29 is 18.4 Å². The number of amidine groups is 1. The molecule has 9 heteroatoms. The first-order valence-corrected chi connectivity index (χ1v) is 5.54. The second-order valence-corrected chi connectivity index (χ2v) is 4.19. The zero-order valence-electron chi connectivity index (χ0n) is 9.80. The minimum absolute atomic E-state index is 0.0161. The summed E-state index contributed by atoms with van der Waals surface area (Å²) >= 11 is 0. The van der Waals surface area contributed by atoms with Gasteiger partial charge in [0.15, 0.2) is 17.3 Å². The minimum Gasteiger partial charge on any atom is -0.409 e. The molecule has 3 N–H and O–H groups in total. The Morgan fingerprint density at radius 3 is 2.58 bits per heavy atom. The summed E-state index contributed by atoms with van der Waals surface area (Å²) in [4.78, 5) is 8.81. The van der Waals surface area contributed by atoms with Crippen LogP contribution in [0.3, 0.4) is 0 Å². The van der Waals surface area contributed by atoms with Gasteiger partial charge in [0, 0.05) is 18.4 Å². The van der Waals surface area contributed by atoms with Crippen molar-refractivity contribution in [2.75, 3.05) is 11.4 Å². The lowest BCUT2D eigenvalue weighted by Crippen LogP contribution is -2.38. The molecule has 0 saturated heterocycles. The van der Waals surface area contributed by atoms with E-state index >= 15 is 0 Å². The Bertz CT molecular complexity index is 486. The topological polar surface area (TPSA) is 87.6 Å². The van der Waals surface area contributed by atoms with Crippen LogP contribution in [0.25, 0.3) is 0 Å². The average molecular weight is 275 g/mol. The fourth-order valence-corrected chi connectivity index (χ4v) is 1.73. The number of halogens is 3. The van der Waals surface area contributed by atoms with Gasteiger partial charge in [0.25, 0.3) is 0 Å². The fourth-order valence-electron chi connectivity index (χ4n) is 1.73. The first-order valence-electron chi connectivity index (χ1n) is 5.54. The van der Waals surface area contributed by atoms with Crippen molar-refractivity contribution in [2.24, 2.45) is 10.9 Å². The zero-order chi connectivity index (χ0) is 14.0. The molecule has 0 atom stereocenters. The van der Waals surface area contributed by atoms with Gasteiger partial charge in [0.1, 0.15) is 6.54 Å². The third kappa shape index (κ3) is 3.24. The molecule has 1 heterocycles. The number of aromatic nitrogens is 2. The molecule has 1 aromatic heterocycles. The van der Waals surface area contributed by atoms with E-state index in [-0.39, 0.29) is 23.4 Å². The van der Waals surface area contributed by atoms with Crippen LogP contribution in [0, 0.1) is 0 Å². The van der Waals surface area contributed by atoms with Gasteiger partial charge in [-0.05, 0) is 12.8 Å². The summed E-state index contributed by atoms with van der Waals surface area (Å²) in [7, 11) is 0. The van der Waals surface area contributed by atoms with Gasteiger partial charge in [0.05, 0.1) is 0 Å². The summed E-state index contributed by atoms with van der Waals surface area (Å²) in [6.07, 6.45) is -0.502. The molecule has 1 aliphatic rings. The second kappa shape index (κ2) is 4.90. The molecule has 1 aromatic rings. The summed E-state index contributed by atoms with van der Waals surface area (Å²) < 4.78 is 37.8. The zero-order valence-corrected chi connectivity index (χ0v) is 9.80. The molecule has 0 aliphatic heterocycles. The Morgan fingerprint density at radius 1 is 1.42 bits per heavy atom. The Balaban J connectivity index is 2.37. The number of nitrogens with zero attached hydrogens (tertiary/aromatic N) is 4. The molecule has 1 aliphatic carbocycles. The lowest BCUT2D eigenvalue weighted by atomic mass is 10.3. The van der Waals surface area contributed by atoms with Crippen LogP contribution < -0.4 is 10.6 Å². The normalized spacial score (nSPS) is 16.5. The van der Waals surface area contributed by atoms with E-state index in [0.717, 1.165) is 4.90 Å². The predicted octanol–water partition coefficient (Wildman–Crippen LogP) is 1.10. The Labute approximate surface area is 106 Å². The van der Waals surface area contributed by atoms with Crippen LogP contribution in [0.4, 0.5) is 19.0 Å². The van der Waals surface area contributed by atoms with Crippen LogP contribution in [0.5, 0.6) is 0 Å². The standard InChI is InChI=1S/C10H12F3N5O/c11-10(12,13)5-18(6-1-2-6)9-7(8(14)17-19)15-3-4-16-9/h3-4,6,19H,1-2,5H2,(H2,14,17). The molecule has 0 radical (unpaired) electrons. The number of anilines is 1. The quantitative estimate of drug-likeness (QED) is 0.372. The van der Waals surface area contributed by atoms with Crippen LogP contribution in [0.15, 0.2) is 17.5 Å². The average Bonchev–Trinajstić information content (AvgIpc) is 3.18. The van der Waals surface area contributed by atoms with Crippen molar-refractivity contribution in [1.29, 1.82) is 0 Å². The van der Waals surface area contributed by atoms with Crippen molar-refractivity contribution >= 4 is 11.7 Å². The van der Waals surface area contributed by atoms with Crippen molar-refractivity contribution in [1.82, 2.24) is 9.97 Å². The summed E-state index contributed by atoms with van der Waals surface area (Å²) in [6.45, 7) is -1.14. The van der Waals surface area contributed by atoms with Crippen LogP contribution >= 0.6 is 0 Å². The molecule has 6 nitrogen and oxygen atoms in total. The van der Waals surface area contributed by atoms with E-state index in [2.05, 4.69) is 15.1 Å². The van der Waals surface area contributed by atoms with Crippen molar-refractivity contribution in [3.63, 3.8) is 0 Å². The summed E-state index contributed by atoms with van der Waals surface area (Å²) in [6, 6.07) is -0.233. The largest absolute Gasteiger partial charge is 0.409 e. The first-order chi connectivity index (χ1) is 8.92. The smallest absolute Gasteiger partial charge is 0.405 e. The SMILES string of the molecule is NC(=NO)c1nccnc1N(CC(F)(F)F)C1CC1. The summed E-state index contributed by atoms with van der Waals surface area (Å²) in [5.74, 6) is -0.381. The van der Waals surface area contributed by atoms with Gasteiger partial charge >= 0.3 is 6.18 Å². The molecule has 1 saturated carbocycles. The van der Waals surface area contributed by atoms with Gasteiger partial charge in [0.2, 0.25) is 0 Å². The Hall–Kier alpha value is -2.06. The Kier molecular flexibility index (Phi) is 3.45. The highest BCUT2D eigenvalue weighted by Gasteiger charge is 2.40. The molecule has 19 heavy (non-hydrogen) atoms. The maximum atomic E-state index is 12.6. The first kappa shape index (κ1) is 13.4. The van der Waals surface area contributed by atoms with E-state index in [1.807, 2.05) is 0 Å². The third-order valence-electron chi connectivity index (χ3n) is 2.64. The number of hydrogen-bond acceptors (Lipinski definition) is 5. The highest BCUT2D eigenvalue weighted by Crippen LogP contribution is 2.34. The van der Waals surface area contributed by atoms with Crippen molar-refractivity contribution in [3.05, 3.63) is 18.1 Å². The van der Waals surface area contributed by atoms with Crippen LogP contribution in [-0.4, -0.2) is 39.8 Å². The number of nitrogens with two attached hydrogens (primary N) is 1. The molecule has 0 amide bonds. The number of hydrogen-bond donors (Lipinski definition) is 2. The summed E-state index contributed by atoms with van der Waals surface area (Å²) in [5, 5.41) is 11.4. The van der Waals surface area contributed by atoms with Gasteiger partial charge in [-0.15, -0.1) is 0 Å². The van der Waals surface area contributed by atoms with Crippen LogP contribution in [-0.2, 0) is 0 Å². The molecule has 104 valence electrons. The van der Waals surface area contributed by atoms with Gasteiger partial charge < -0.3 is 15.8 Å². The van der Waals surface area contributed by atoms with E-state index < -0.39 is 12.7 Å². The number of alkyl halides is 3. The monoisotopic (exact) mass is 275 g/mol. The molecule has 2 rings (SSSR count). The van der Waals surface area contributed by atoms with E-state index in [4.69, 9.17) is 10.9 Å². The molecule has 0 aromatic carbocycles. The second-order valence-electron chi connectivity index (χ2n) is 4.19. The maximum Gasteiger partial charge on any atom is 0.405 e. The molecule has 1 fully saturated rings. The van der Waals surface area contributed by atoms with Crippen LogP contribution in [0.1, 0.15) is 18.5 Å². The third-order valence-corrected chi connectivity index (χ3v) is 2.64. The molecule has 0 bridgehead atoms. The van der Waals surface area contributed by atoms with E-state index in [0.29, 0.717) is 12.8 Å². The fraction of sp³-hybridized carbons (Fsp3) is 0.500. The lowest BCUT2D eigenvalue weighted by molar-refractivity contribution is -0.120. The highest BCUT2D eigenvalue weighted by atomic mass is 19.4. The predicted molar refractivity (Wildman–Crippen MR) is 61.0 cm³/mol. The van der Waals surface area contributed by atoms with E-state index in [1.54, 1.807) is 0 Å². The van der Waals surface area contributed by atoms with E-state index in [1.165, 1.54) is 12.4 Å². The van der Waals surface area contributed by atoms with Crippen molar-refractivity contribution in [2.45, 2.75) is 25.1 Å². The molecular weight excluding hydrogens is 263 g/mol. The number of oxime groups is 1.